The standard InChI is InChI=1S/C14H14N4/c1-16-14-9-13(6-7-17-14)18(2)12-5-3-4-11(8-12)10-15/h3-9H,1-2H3,(H,16,17). The summed E-state index contributed by atoms with van der Waals surface area (Å²) in [6.07, 6.45) is 1.76. The molecular weight excluding hydrogens is 224 g/mol. The van der Waals surface area contributed by atoms with E-state index in [4.69, 9.17) is 5.26 Å². The summed E-state index contributed by atoms with van der Waals surface area (Å²) in [5.74, 6) is 0.816. The minimum atomic E-state index is 0.655. The van der Waals surface area contributed by atoms with Crippen molar-refractivity contribution in [3.63, 3.8) is 0 Å². The van der Waals surface area contributed by atoms with Crippen molar-refractivity contribution < 1.29 is 0 Å². The maximum Gasteiger partial charge on any atom is 0.127 e. The Hall–Kier alpha value is -2.54. The lowest BCUT2D eigenvalue weighted by Gasteiger charge is -2.20. The van der Waals surface area contributed by atoms with E-state index in [1.54, 1.807) is 12.3 Å². The molecule has 0 saturated heterocycles. The van der Waals surface area contributed by atoms with Crippen molar-refractivity contribution in [2.45, 2.75) is 0 Å². The highest BCUT2D eigenvalue weighted by molar-refractivity contribution is 5.65. The molecule has 90 valence electrons. The number of aromatic nitrogens is 1. The summed E-state index contributed by atoms with van der Waals surface area (Å²) in [6, 6.07) is 13.5. The fourth-order valence-electron chi connectivity index (χ4n) is 1.70. The minimum absolute atomic E-state index is 0.655. The molecule has 0 aliphatic rings. The van der Waals surface area contributed by atoms with Gasteiger partial charge in [0.2, 0.25) is 0 Å². The first-order valence-electron chi connectivity index (χ1n) is 5.62. The minimum Gasteiger partial charge on any atom is -0.373 e. The lowest BCUT2D eigenvalue weighted by Crippen LogP contribution is -2.10. The van der Waals surface area contributed by atoms with Gasteiger partial charge in [-0.1, -0.05) is 6.07 Å². The highest BCUT2D eigenvalue weighted by Gasteiger charge is 2.05. The smallest absolute Gasteiger partial charge is 0.127 e. The number of hydrogen-bond acceptors (Lipinski definition) is 4. The van der Waals surface area contributed by atoms with Gasteiger partial charge in [0, 0.05) is 37.7 Å². The van der Waals surface area contributed by atoms with Crippen LogP contribution in [0.4, 0.5) is 17.2 Å². The molecule has 0 spiro atoms. The molecule has 2 aromatic rings. The fraction of sp³-hybridized carbons (Fsp3) is 0.143. The molecule has 0 aliphatic heterocycles. The normalized spacial score (nSPS) is 9.61. The van der Waals surface area contributed by atoms with Crippen molar-refractivity contribution in [3.8, 4) is 6.07 Å². The number of rotatable bonds is 3. The third-order valence-corrected chi connectivity index (χ3v) is 2.75. The molecule has 2 rings (SSSR count). The number of benzene rings is 1. The summed E-state index contributed by atoms with van der Waals surface area (Å²) in [5, 5.41) is 11.9. The van der Waals surface area contributed by atoms with E-state index in [1.807, 2.05) is 49.3 Å². The summed E-state index contributed by atoms with van der Waals surface area (Å²) in [6.45, 7) is 0. The third kappa shape index (κ3) is 2.41. The molecule has 0 bridgehead atoms. The Kier molecular flexibility index (Phi) is 3.44. The Balaban J connectivity index is 2.35. The maximum atomic E-state index is 8.91. The van der Waals surface area contributed by atoms with Crippen LogP contribution in [0, 0.1) is 11.3 Å². The molecule has 1 heterocycles. The molecule has 1 aromatic heterocycles. The largest absolute Gasteiger partial charge is 0.373 e. The zero-order valence-electron chi connectivity index (χ0n) is 10.4. The molecule has 0 saturated carbocycles. The van der Waals surface area contributed by atoms with Crippen LogP contribution in [0.1, 0.15) is 5.56 Å². The Morgan fingerprint density at radius 3 is 2.72 bits per heavy atom. The first-order valence-corrected chi connectivity index (χ1v) is 5.62. The molecule has 4 heteroatoms. The van der Waals surface area contributed by atoms with E-state index >= 15 is 0 Å². The molecule has 0 fully saturated rings. The predicted octanol–water partition coefficient (Wildman–Crippen LogP) is 2.76. The Morgan fingerprint density at radius 1 is 1.22 bits per heavy atom. The third-order valence-electron chi connectivity index (χ3n) is 2.75. The Bertz CT molecular complexity index is 586. The summed E-state index contributed by atoms with van der Waals surface area (Å²) in [5.41, 5.74) is 2.65. The number of nitriles is 1. The van der Waals surface area contributed by atoms with Gasteiger partial charge < -0.3 is 10.2 Å². The zero-order valence-corrected chi connectivity index (χ0v) is 10.4. The van der Waals surface area contributed by atoms with Gasteiger partial charge in [-0.2, -0.15) is 5.26 Å². The van der Waals surface area contributed by atoms with Crippen LogP contribution >= 0.6 is 0 Å². The van der Waals surface area contributed by atoms with Gasteiger partial charge in [0.1, 0.15) is 5.82 Å². The summed E-state index contributed by atoms with van der Waals surface area (Å²) < 4.78 is 0. The van der Waals surface area contributed by atoms with Crippen LogP contribution in [-0.4, -0.2) is 19.1 Å². The van der Waals surface area contributed by atoms with E-state index in [1.165, 1.54) is 0 Å². The van der Waals surface area contributed by atoms with Crippen molar-refractivity contribution >= 4 is 17.2 Å². The van der Waals surface area contributed by atoms with Gasteiger partial charge >= 0.3 is 0 Å². The van der Waals surface area contributed by atoms with Gasteiger partial charge in [-0.3, -0.25) is 0 Å². The summed E-state index contributed by atoms with van der Waals surface area (Å²) in [7, 11) is 3.80. The van der Waals surface area contributed by atoms with E-state index < -0.39 is 0 Å². The average molecular weight is 238 g/mol. The number of hydrogen-bond donors (Lipinski definition) is 1. The molecule has 0 unspecified atom stereocenters. The monoisotopic (exact) mass is 238 g/mol. The Morgan fingerprint density at radius 2 is 2.00 bits per heavy atom. The molecular formula is C14H14N4. The van der Waals surface area contributed by atoms with Crippen LogP contribution in [0.25, 0.3) is 0 Å². The van der Waals surface area contributed by atoms with Gasteiger partial charge in [-0.05, 0) is 24.3 Å². The van der Waals surface area contributed by atoms with E-state index in [-0.39, 0.29) is 0 Å². The van der Waals surface area contributed by atoms with Gasteiger partial charge in [0.15, 0.2) is 0 Å². The fourth-order valence-corrected chi connectivity index (χ4v) is 1.70. The second kappa shape index (κ2) is 5.19. The van der Waals surface area contributed by atoms with Crippen LogP contribution in [0.15, 0.2) is 42.6 Å². The van der Waals surface area contributed by atoms with Crippen molar-refractivity contribution in [2.24, 2.45) is 0 Å². The lowest BCUT2D eigenvalue weighted by atomic mass is 10.2. The number of nitrogens with zero attached hydrogens (tertiary/aromatic N) is 3. The molecule has 1 aromatic carbocycles. The topological polar surface area (TPSA) is 52.0 Å². The predicted molar refractivity (Wildman–Crippen MR) is 73.0 cm³/mol. The van der Waals surface area contributed by atoms with E-state index in [0.717, 1.165) is 17.2 Å². The molecule has 0 aliphatic carbocycles. The molecule has 0 amide bonds. The van der Waals surface area contributed by atoms with Crippen LogP contribution in [0.3, 0.4) is 0 Å². The maximum absolute atomic E-state index is 8.91. The molecule has 18 heavy (non-hydrogen) atoms. The first kappa shape index (κ1) is 11.9. The number of pyridine rings is 1. The van der Waals surface area contributed by atoms with Crippen molar-refractivity contribution in [1.82, 2.24) is 4.98 Å². The van der Waals surface area contributed by atoms with Gasteiger partial charge in [0.05, 0.1) is 11.6 Å². The van der Waals surface area contributed by atoms with Gasteiger partial charge in [-0.15, -0.1) is 0 Å². The van der Waals surface area contributed by atoms with E-state index in [9.17, 15) is 0 Å². The molecule has 0 atom stereocenters. The van der Waals surface area contributed by atoms with E-state index in [0.29, 0.717) is 5.56 Å². The van der Waals surface area contributed by atoms with Gasteiger partial charge in [0.25, 0.3) is 0 Å². The lowest BCUT2D eigenvalue weighted by molar-refractivity contribution is 1.18. The highest BCUT2D eigenvalue weighted by atomic mass is 15.1. The van der Waals surface area contributed by atoms with E-state index in [2.05, 4.69) is 16.4 Å². The zero-order chi connectivity index (χ0) is 13.0. The summed E-state index contributed by atoms with van der Waals surface area (Å²) in [4.78, 5) is 6.19. The number of nitrogens with one attached hydrogen (secondary N) is 1. The molecule has 0 radical (unpaired) electrons. The van der Waals surface area contributed by atoms with Crippen LogP contribution in [0.2, 0.25) is 0 Å². The highest BCUT2D eigenvalue weighted by Crippen LogP contribution is 2.25. The number of anilines is 3. The first-order chi connectivity index (χ1) is 8.74. The van der Waals surface area contributed by atoms with Crippen LogP contribution < -0.4 is 10.2 Å². The average Bonchev–Trinajstić information content (AvgIpc) is 2.46. The molecule has 4 nitrogen and oxygen atoms in total. The SMILES string of the molecule is CNc1cc(N(C)c2cccc(C#N)c2)ccn1. The second-order valence-electron chi connectivity index (χ2n) is 3.87. The van der Waals surface area contributed by atoms with Crippen molar-refractivity contribution in [3.05, 3.63) is 48.2 Å². The second-order valence-corrected chi connectivity index (χ2v) is 3.87. The summed E-state index contributed by atoms with van der Waals surface area (Å²) >= 11 is 0. The Labute approximate surface area is 107 Å². The van der Waals surface area contributed by atoms with Gasteiger partial charge in [-0.25, -0.2) is 4.98 Å². The van der Waals surface area contributed by atoms with Crippen molar-refractivity contribution in [2.75, 3.05) is 24.3 Å². The van der Waals surface area contributed by atoms with Crippen LogP contribution in [-0.2, 0) is 0 Å². The molecule has 1 N–H and O–H groups in total. The van der Waals surface area contributed by atoms with Crippen molar-refractivity contribution in [1.29, 1.82) is 5.26 Å². The van der Waals surface area contributed by atoms with Crippen LogP contribution in [0.5, 0.6) is 0 Å². The quantitative estimate of drug-likeness (QED) is 0.893.